The molecule has 0 bridgehead atoms. The second-order valence-corrected chi connectivity index (χ2v) is 8.42. The predicted octanol–water partition coefficient (Wildman–Crippen LogP) is 3.59. The van der Waals surface area contributed by atoms with E-state index < -0.39 is 0 Å². The number of aromatic nitrogens is 1. The van der Waals surface area contributed by atoms with Crippen molar-refractivity contribution in [3.8, 4) is 0 Å². The quantitative estimate of drug-likeness (QED) is 0.673. The summed E-state index contributed by atoms with van der Waals surface area (Å²) in [6.07, 6.45) is 0. The Morgan fingerprint density at radius 2 is 1.93 bits per heavy atom. The van der Waals surface area contributed by atoms with E-state index in [-0.39, 0.29) is 11.9 Å². The SMILES string of the molecule is C[C@H](C(=O)Nc1ccc(N2CCOCC2)cc1)N(C)Cc1nc2ccccc2s1. The monoisotopic (exact) mass is 410 g/mol. The molecule has 3 aromatic rings. The molecule has 1 saturated heterocycles. The van der Waals surface area contributed by atoms with Gasteiger partial charge in [-0.3, -0.25) is 9.69 Å². The predicted molar refractivity (Wildman–Crippen MR) is 119 cm³/mol. The van der Waals surface area contributed by atoms with Crippen LogP contribution in [0.4, 0.5) is 11.4 Å². The number of ether oxygens (including phenoxy) is 1. The number of para-hydroxylation sites is 1. The van der Waals surface area contributed by atoms with Crippen molar-refractivity contribution >= 4 is 38.8 Å². The minimum absolute atomic E-state index is 0.0206. The number of hydrogen-bond acceptors (Lipinski definition) is 6. The second-order valence-electron chi connectivity index (χ2n) is 7.30. The van der Waals surface area contributed by atoms with Crippen molar-refractivity contribution in [2.45, 2.75) is 19.5 Å². The van der Waals surface area contributed by atoms with Crippen LogP contribution >= 0.6 is 11.3 Å². The van der Waals surface area contributed by atoms with Gasteiger partial charge in [-0.25, -0.2) is 4.98 Å². The van der Waals surface area contributed by atoms with E-state index >= 15 is 0 Å². The lowest BCUT2D eigenvalue weighted by atomic mass is 10.2. The van der Waals surface area contributed by atoms with Crippen molar-refractivity contribution < 1.29 is 9.53 Å². The number of rotatable bonds is 6. The van der Waals surface area contributed by atoms with Gasteiger partial charge in [-0.2, -0.15) is 0 Å². The summed E-state index contributed by atoms with van der Waals surface area (Å²) in [6.45, 7) is 5.89. The summed E-state index contributed by atoms with van der Waals surface area (Å²) < 4.78 is 6.57. The molecule has 29 heavy (non-hydrogen) atoms. The lowest BCUT2D eigenvalue weighted by Gasteiger charge is -2.29. The van der Waals surface area contributed by atoms with E-state index in [1.807, 2.05) is 49.2 Å². The van der Waals surface area contributed by atoms with E-state index in [2.05, 4.69) is 33.4 Å². The summed E-state index contributed by atoms with van der Waals surface area (Å²) in [5.74, 6) is -0.0206. The number of fused-ring (bicyclic) bond motifs is 1. The molecule has 2 aromatic carbocycles. The molecule has 1 fully saturated rings. The number of carbonyl (C=O) groups excluding carboxylic acids is 1. The van der Waals surface area contributed by atoms with Crippen LogP contribution < -0.4 is 10.2 Å². The lowest BCUT2D eigenvalue weighted by Crippen LogP contribution is -2.39. The van der Waals surface area contributed by atoms with Gasteiger partial charge in [-0.05, 0) is 50.4 Å². The van der Waals surface area contributed by atoms with Crippen LogP contribution in [0.2, 0.25) is 0 Å². The highest BCUT2D eigenvalue weighted by Gasteiger charge is 2.20. The van der Waals surface area contributed by atoms with Crippen LogP contribution in [0.15, 0.2) is 48.5 Å². The fourth-order valence-electron chi connectivity index (χ4n) is 3.36. The van der Waals surface area contributed by atoms with Gasteiger partial charge in [0.2, 0.25) is 5.91 Å². The second kappa shape index (κ2) is 8.90. The van der Waals surface area contributed by atoms with Gasteiger partial charge in [0.25, 0.3) is 0 Å². The molecule has 0 radical (unpaired) electrons. The molecule has 4 rings (SSSR count). The van der Waals surface area contributed by atoms with Crippen LogP contribution in [0, 0.1) is 0 Å². The third-order valence-electron chi connectivity index (χ3n) is 5.27. The minimum Gasteiger partial charge on any atom is -0.378 e. The van der Waals surface area contributed by atoms with E-state index in [0.717, 1.165) is 48.2 Å². The topological polar surface area (TPSA) is 57.7 Å². The highest BCUT2D eigenvalue weighted by molar-refractivity contribution is 7.18. The number of benzene rings is 2. The van der Waals surface area contributed by atoms with Crippen LogP contribution in [0.1, 0.15) is 11.9 Å². The molecule has 6 nitrogen and oxygen atoms in total. The number of nitrogens with zero attached hydrogens (tertiary/aromatic N) is 3. The van der Waals surface area contributed by atoms with Crippen molar-refractivity contribution in [1.29, 1.82) is 0 Å². The largest absolute Gasteiger partial charge is 0.378 e. The molecule has 1 aromatic heterocycles. The van der Waals surface area contributed by atoms with Crippen molar-refractivity contribution in [2.24, 2.45) is 0 Å². The number of morpholine rings is 1. The molecular formula is C22H26N4O2S. The normalized spacial score (nSPS) is 15.6. The van der Waals surface area contributed by atoms with Crippen molar-refractivity contribution in [3.05, 3.63) is 53.5 Å². The molecule has 0 aliphatic carbocycles. The molecule has 1 amide bonds. The number of thiazole rings is 1. The zero-order valence-corrected chi connectivity index (χ0v) is 17.6. The van der Waals surface area contributed by atoms with Gasteiger partial charge < -0.3 is 15.0 Å². The summed E-state index contributed by atoms with van der Waals surface area (Å²) >= 11 is 1.68. The number of amides is 1. The van der Waals surface area contributed by atoms with Crippen LogP contribution in [0.25, 0.3) is 10.2 Å². The van der Waals surface area contributed by atoms with Crippen LogP contribution in [0.3, 0.4) is 0 Å². The molecule has 1 N–H and O–H groups in total. The summed E-state index contributed by atoms with van der Waals surface area (Å²) in [6, 6.07) is 15.9. The Balaban J connectivity index is 1.34. The number of anilines is 2. The summed E-state index contributed by atoms with van der Waals surface area (Å²) in [5.41, 5.74) is 2.98. The molecular weight excluding hydrogens is 384 g/mol. The van der Waals surface area contributed by atoms with E-state index in [9.17, 15) is 4.79 Å². The fraction of sp³-hybridized carbons (Fsp3) is 0.364. The Morgan fingerprint density at radius 1 is 1.21 bits per heavy atom. The first-order chi connectivity index (χ1) is 14.1. The van der Waals surface area contributed by atoms with Gasteiger partial charge in [0, 0.05) is 24.5 Å². The molecule has 7 heteroatoms. The zero-order chi connectivity index (χ0) is 20.2. The number of carbonyl (C=O) groups is 1. The number of nitrogens with one attached hydrogen (secondary N) is 1. The van der Waals surface area contributed by atoms with E-state index in [1.165, 1.54) is 4.70 Å². The van der Waals surface area contributed by atoms with Gasteiger partial charge >= 0.3 is 0 Å². The van der Waals surface area contributed by atoms with Crippen molar-refractivity contribution in [1.82, 2.24) is 9.88 Å². The Morgan fingerprint density at radius 3 is 2.66 bits per heavy atom. The Labute approximate surface area is 175 Å². The molecule has 1 aliphatic rings. The Hall–Kier alpha value is -2.48. The molecule has 0 spiro atoms. The highest BCUT2D eigenvalue weighted by Crippen LogP contribution is 2.23. The average molecular weight is 411 g/mol. The Bertz CT molecular complexity index is 933. The standard InChI is InChI=1S/C22H26N4O2S/c1-16(25(2)15-21-24-19-5-3-4-6-20(19)29-21)22(27)23-17-7-9-18(10-8-17)26-11-13-28-14-12-26/h3-10,16H,11-15H2,1-2H3,(H,23,27)/t16-/m1/s1. The average Bonchev–Trinajstić information content (AvgIpc) is 3.16. The van der Waals surface area contributed by atoms with Gasteiger partial charge in [0.1, 0.15) is 5.01 Å². The number of likely N-dealkylation sites (N-methyl/N-ethyl adjacent to an activating group) is 1. The van der Waals surface area contributed by atoms with E-state index in [4.69, 9.17) is 4.74 Å². The van der Waals surface area contributed by atoms with Gasteiger partial charge in [0.15, 0.2) is 0 Å². The highest BCUT2D eigenvalue weighted by atomic mass is 32.1. The maximum Gasteiger partial charge on any atom is 0.241 e. The van der Waals surface area contributed by atoms with Gasteiger partial charge in [-0.1, -0.05) is 12.1 Å². The maximum absolute atomic E-state index is 12.7. The van der Waals surface area contributed by atoms with Crippen molar-refractivity contribution in [2.75, 3.05) is 43.6 Å². The van der Waals surface area contributed by atoms with Crippen LogP contribution in [-0.4, -0.2) is 55.2 Å². The third kappa shape index (κ3) is 4.75. The van der Waals surface area contributed by atoms with Crippen LogP contribution in [-0.2, 0) is 16.1 Å². The maximum atomic E-state index is 12.7. The number of hydrogen-bond donors (Lipinski definition) is 1. The van der Waals surface area contributed by atoms with Crippen LogP contribution in [0.5, 0.6) is 0 Å². The summed E-state index contributed by atoms with van der Waals surface area (Å²) in [4.78, 5) is 21.7. The van der Waals surface area contributed by atoms with Crippen molar-refractivity contribution in [3.63, 3.8) is 0 Å². The molecule has 0 saturated carbocycles. The molecule has 152 valence electrons. The smallest absolute Gasteiger partial charge is 0.241 e. The Kier molecular flexibility index (Phi) is 6.08. The summed E-state index contributed by atoms with van der Waals surface area (Å²) in [7, 11) is 1.96. The fourth-order valence-corrected chi connectivity index (χ4v) is 4.39. The first-order valence-electron chi connectivity index (χ1n) is 9.88. The summed E-state index contributed by atoms with van der Waals surface area (Å²) in [5, 5.41) is 4.04. The molecule has 0 unspecified atom stereocenters. The van der Waals surface area contributed by atoms with E-state index in [0.29, 0.717) is 6.54 Å². The third-order valence-corrected chi connectivity index (χ3v) is 6.30. The molecule has 1 aliphatic heterocycles. The van der Waals surface area contributed by atoms with Gasteiger partial charge in [-0.15, -0.1) is 11.3 Å². The lowest BCUT2D eigenvalue weighted by molar-refractivity contribution is -0.120. The first-order valence-corrected chi connectivity index (χ1v) is 10.7. The first kappa shape index (κ1) is 19.8. The molecule has 1 atom stereocenters. The van der Waals surface area contributed by atoms with Gasteiger partial charge in [0.05, 0.1) is 36.0 Å². The zero-order valence-electron chi connectivity index (χ0n) is 16.8. The minimum atomic E-state index is -0.263. The molecule has 2 heterocycles. The van der Waals surface area contributed by atoms with E-state index in [1.54, 1.807) is 11.3 Å².